The van der Waals surface area contributed by atoms with E-state index in [0.29, 0.717) is 30.3 Å². The summed E-state index contributed by atoms with van der Waals surface area (Å²) in [6, 6.07) is 0. The summed E-state index contributed by atoms with van der Waals surface area (Å²) in [5.74, 6) is 4.42. The smallest absolute Gasteiger partial charge is 0.302 e. The summed E-state index contributed by atoms with van der Waals surface area (Å²) in [4.78, 5) is 11.1. The molecule has 0 aromatic carbocycles. The largest absolute Gasteiger partial charge is 0.499 e. The van der Waals surface area contributed by atoms with E-state index in [1.807, 2.05) is 6.92 Å². The monoisotopic (exact) mass is 266 g/mol. The van der Waals surface area contributed by atoms with Crippen LogP contribution in [0.4, 0.5) is 0 Å². The van der Waals surface area contributed by atoms with Crippen molar-refractivity contribution in [3.8, 4) is 0 Å². The Morgan fingerprint density at radius 2 is 1.53 bits per heavy atom. The molecule has 2 bridgehead atoms. The first kappa shape index (κ1) is 14.4. The predicted molar refractivity (Wildman–Crippen MR) is 74.3 cm³/mol. The molecule has 2 rings (SSSR count). The Labute approximate surface area is 116 Å². The van der Waals surface area contributed by atoms with Crippen molar-refractivity contribution in [2.75, 3.05) is 13.2 Å². The summed E-state index contributed by atoms with van der Waals surface area (Å²) in [7, 11) is 0. The van der Waals surface area contributed by atoms with Crippen LogP contribution in [0.25, 0.3) is 0 Å². The van der Waals surface area contributed by atoms with Crippen LogP contribution in [0.1, 0.15) is 34.1 Å². The summed E-state index contributed by atoms with van der Waals surface area (Å²) in [6.07, 6.45) is 1.26. The van der Waals surface area contributed by atoms with E-state index >= 15 is 0 Å². The van der Waals surface area contributed by atoms with Crippen LogP contribution in [0.15, 0.2) is 12.3 Å². The Bertz CT molecular complexity index is 329. The maximum absolute atomic E-state index is 11.1. The van der Waals surface area contributed by atoms with E-state index < -0.39 is 0 Å². The lowest BCUT2D eigenvalue weighted by Gasteiger charge is -2.38. The van der Waals surface area contributed by atoms with E-state index in [1.165, 1.54) is 13.3 Å². The second-order valence-electron chi connectivity index (χ2n) is 6.42. The summed E-state index contributed by atoms with van der Waals surface area (Å²) in [6.45, 7) is 13.1. The van der Waals surface area contributed by atoms with Gasteiger partial charge in [0, 0.05) is 18.8 Å². The topological polar surface area (TPSA) is 35.5 Å². The van der Waals surface area contributed by atoms with Gasteiger partial charge in [0.25, 0.3) is 0 Å². The number of carbonyl (C=O) groups is 1. The van der Waals surface area contributed by atoms with Crippen molar-refractivity contribution in [1.29, 1.82) is 0 Å². The third-order valence-electron chi connectivity index (χ3n) is 5.38. The first-order chi connectivity index (χ1) is 8.91. The fourth-order valence-electron chi connectivity index (χ4n) is 4.23. The summed E-state index contributed by atoms with van der Waals surface area (Å²) < 4.78 is 10.9. The van der Waals surface area contributed by atoms with Gasteiger partial charge in [-0.1, -0.05) is 20.4 Å². The highest BCUT2D eigenvalue weighted by atomic mass is 16.5. The molecular formula is C16H26O3. The molecule has 0 aliphatic heterocycles. The van der Waals surface area contributed by atoms with Crippen molar-refractivity contribution in [2.45, 2.75) is 34.1 Å². The molecule has 0 N–H and O–H groups in total. The van der Waals surface area contributed by atoms with Crippen LogP contribution >= 0.6 is 0 Å². The van der Waals surface area contributed by atoms with Crippen molar-refractivity contribution < 1.29 is 14.3 Å². The molecule has 0 spiro atoms. The van der Waals surface area contributed by atoms with Crippen molar-refractivity contribution in [3.05, 3.63) is 12.3 Å². The molecule has 0 heterocycles. The Morgan fingerprint density at radius 3 is 1.95 bits per heavy atom. The Kier molecular flexibility index (Phi) is 4.22. The molecule has 108 valence electrons. The normalized spacial score (nSPS) is 40.2. The van der Waals surface area contributed by atoms with Crippen LogP contribution in [-0.4, -0.2) is 19.2 Å². The fourth-order valence-corrected chi connectivity index (χ4v) is 4.23. The Hall–Kier alpha value is -0.990. The van der Waals surface area contributed by atoms with Crippen LogP contribution in [0.3, 0.4) is 0 Å². The Morgan fingerprint density at radius 1 is 1.05 bits per heavy atom. The molecule has 0 radical (unpaired) electrons. The molecule has 2 aliphatic carbocycles. The fraction of sp³-hybridized carbons (Fsp3) is 0.812. The maximum Gasteiger partial charge on any atom is 0.302 e. The number of hydrogen-bond acceptors (Lipinski definition) is 3. The number of esters is 1. The molecule has 19 heavy (non-hydrogen) atoms. The quantitative estimate of drug-likeness (QED) is 0.566. The predicted octanol–water partition coefficient (Wildman–Crippen LogP) is 3.25. The van der Waals surface area contributed by atoms with E-state index in [0.717, 1.165) is 24.2 Å². The van der Waals surface area contributed by atoms with E-state index in [2.05, 4.69) is 20.4 Å². The first-order valence-electron chi connectivity index (χ1n) is 7.33. The zero-order valence-electron chi connectivity index (χ0n) is 12.5. The van der Waals surface area contributed by atoms with Crippen molar-refractivity contribution in [1.82, 2.24) is 0 Å². The lowest BCUT2D eigenvalue weighted by molar-refractivity contribution is -0.144. The molecule has 3 nitrogen and oxygen atoms in total. The van der Waals surface area contributed by atoms with Crippen LogP contribution in [0.5, 0.6) is 0 Å². The maximum atomic E-state index is 11.1. The third kappa shape index (κ3) is 2.80. The van der Waals surface area contributed by atoms with E-state index in [1.54, 1.807) is 0 Å². The average Bonchev–Trinajstić information content (AvgIpc) is 2.82. The minimum atomic E-state index is -0.178. The van der Waals surface area contributed by atoms with Gasteiger partial charge in [0.1, 0.15) is 0 Å². The van der Waals surface area contributed by atoms with Gasteiger partial charge in [-0.15, -0.1) is 0 Å². The highest BCUT2D eigenvalue weighted by molar-refractivity contribution is 5.65. The van der Waals surface area contributed by atoms with Crippen LogP contribution in [-0.2, 0) is 14.3 Å². The van der Waals surface area contributed by atoms with Gasteiger partial charge in [0.2, 0.25) is 0 Å². The highest BCUT2D eigenvalue weighted by Gasteiger charge is 2.55. The zero-order chi connectivity index (χ0) is 14.2. The lowest BCUT2D eigenvalue weighted by atomic mass is 9.70. The molecule has 6 unspecified atom stereocenters. The highest BCUT2D eigenvalue weighted by Crippen LogP contribution is 2.58. The van der Waals surface area contributed by atoms with E-state index in [-0.39, 0.29) is 5.97 Å². The van der Waals surface area contributed by atoms with Gasteiger partial charge in [0.05, 0.1) is 19.0 Å². The second-order valence-corrected chi connectivity index (χ2v) is 6.42. The van der Waals surface area contributed by atoms with Gasteiger partial charge >= 0.3 is 5.97 Å². The number of hydrogen-bond donors (Lipinski definition) is 0. The van der Waals surface area contributed by atoms with Gasteiger partial charge in [-0.3, -0.25) is 4.79 Å². The van der Waals surface area contributed by atoms with Crippen molar-refractivity contribution >= 4 is 5.97 Å². The van der Waals surface area contributed by atoms with E-state index in [9.17, 15) is 4.79 Å². The van der Waals surface area contributed by atoms with Crippen molar-refractivity contribution in [3.63, 3.8) is 0 Å². The lowest BCUT2D eigenvalue weighted by Crippen LogP contribution is -2.37. The number of allylic oxidation sites excluding steroid dienone is 1. The molecule has 0 aromatic heterocycles. The summed E-state index contributed by atoms with van der Waals surface area (Å²) >= 11 is 0. The molecule has 0 saturated heterocycles. The van der Waals surface area contributed by atoms with Gasteiger partial charge in [-0.2, -0.15) is 0 Å². The summed E-state index contributed by atoms with van der Waals surface area (Å²) in [5, 5.41) is 0. The minimum absolute atomic E-state index is 0.178. The summed E-state index contributed by atoms with van der Waals surface area (Å²) in [5.41, 5.74) is 0. The minimum Gasteiger partial charge on any atom is -0.499 e. The molecule has 2 saturated carbocycles. The third-order valence-corrected chi connectivity index (χ3v) is 5.38. The average molecular weight is 266 g/mol. The van der Waals surface area contributed by atoms with Crippen LogP contribution in [0, 0.1) is 35.5 Å². The number of carbonyl (C=O) groups excluding carboxylic acids is 1. The second kappa shape index (κ2) is 5.56. The molecule has 0 amide bonds. The van der Waals surface area contributed by atoms with E-state index in [4.69, 9.17) is 9.47 Å². The molecule has 6 atom stereocenters. The number of fused-ring (bicyclic) bond motifs is 2. The molecule has 3 heteroatoms. The number of ether oxygens (including phenoxy) is 2. The van der Waals surface area contributed by atoms with Gasteiger partial charge in [-0.05, 0) is 37.0 Å². The van der Waals surface area contributed by atoms with Gasteiger partial charge in [-0.25, -0.2) is 0 Å². The van der Waals surface area contributed by atoms with Crippen LogP contribution < -0.4 is 0 Å². The molecule has 2 aliphatic rings. The first-order valence-corrected chi connectivity index (χ1v) is 7.33. The van der Waals surface area contributed by atoms with Crippen molar-refractivity contribution in [2.24, 2.45) is 35.5 Å². The number of rotatable bonds is 5. The Balaban J connectivity index is 2.04. The molecule has 0 aromatic rings. The zero-order valence-corrected chi connectivity index (χ0v) is 12.5. The molecular weight excluding hydrogens is 240 g/mol. The SMILES string of the molecule is C=C(C)OCC1C2CC(C(C)C2C)C1COC(C)=O. The van der Waals surface area contributed by atoms with Gasteiger partial charge in [0.15, 0.2) is 0 Å². The van der Waals surface area contributed by atoms with Crippen LogP contribution in [0.2, 0.25) is 0 Å². The standard InChI is InChI=1S/C16H26O3/c1-9(2)18-7-15-13-6-14(11(4)10(13)3)16(15)8-19-12(5)17/h10-11,13-16H,1,6-8H2,2-5H3. The van der Waals surface area contributed by atoms with Gasteiger partial charge < -0.3 is 9.47 Å². The molecule has 2 fully saturated rings.